The van der Waals surface area contributed by atoms with Gasteiger partial charge >= 0.3 is 0 Å². The van der Waals surface area contributed by atoms with Crippen molar-refractivity contribution >= 4 is 17.2 Å². The quantitative estimate of drug-likeness (QED) is 0.735. The van der Waals surface area contributed by atoms with Gasteiger partial charge in [-0.15, -0.1) is 11.3 Å². The number of carbonyl (C=O) groups excluding carboxylic acids is 1. The number of hydrogen-bond donors (Lipinski definition) is 0. The van der Waals surface area contributed by atoms with E-state index in [1.165, 1.54) is 11.3 Å². The normalized spacial score (nSPS) is 17.2. The van der Waals surface area contributed by atoms with Gasteiger partial charge in [0.15, 0.2) is 0 Å². The number of carbonyl (C=O) groups is 1. The van der Waals surface area contributed by atoms with E-state index in [-0.39, 0.29) is 12.0 Å². The molecule has 3 aromatic rings. The standard InChI is InChI=1S/C17H16N4O2S/c22-17(16-11-24-12-19-16)21-8-13-3-2-6-20(13)9-15(10-21)23-14-4-1-5-18-7-14/h1-7,11-12,15H,8-10H2. The zero-order chi connectivity index (χ0) is 16.4. The lowest BCUT2D eigenvalue weighted by Gasteiger charge is -2.24. The summed E-state index contributed by atoms with van der Waals surface area (Å²) in [5, 5.41) is 1.78. The van der Waals surface area contributed by atoms with Crippen molar-refractivity contribution in [2.45, 2.75) is 19.2 Å². The number of rotatable bonds is 3. The summed E-state index contributed by atoms with van der Waals surface area (Å²) >= 11 is 1.42. The van der Waals surface area contributed by atoms with E-state index in [9.17, 15) is 4.79 Å². The summed E-state index contributed by atoms with van der Waals surface area (Å²) in [4.78, 5) is 22.8. The lowest BCUT2D eigenvalue weighted by Crippen LogP contribution is -2.38. The first-order valence-corrected chi connectivity index (χ1v) is 8.62. The Balaban J connectivity index is 1.60. The second-order valence-electron chi connectivity index (χ2n) is 5.64. The summed E-state index contributed by atoms with van der Waals surface area (Å²) < 4.78 is 8.20. The Morgan fingerprint density at radius 1 is 1.29 bits per heavy atom. The van der Waals surface area contributed by atoms with Crippen molar-refractivity contribution < 1.29 is 9.53 Å². The molecule has 1 unspecified atom stereocenters. The number of hydrogen-bond acceptors (Lipinski definition) is 5. The summed E-state index contributed by atoms with van der Waals surface area (Å²) in [6, 6.07) is 7.74. The molecule has 0 bridgehead atoms. The molecular weight excluding hydrogens is 324 g/mol. The van der Waals surface area contributed by atoms with Gasteiger partial charge < -0.3 is 14.2 Å². The van der Waals surface area contributed by atoms with E-state index < -0.39 is 0 Å². The van der Waals surface area contributed by atoms with E-state index in [1.54, 1.807) is 28.2 Å². The van der Waals surface area contributed by atoms with Crippen LogP contribution in [0.4, 0.5) is 0 Å². The van der Waals surface area contributed by atoms with Crippen molar-refractivity contribution in [3.8, 4) is 5.75 Å². The molecule has 1 aliphatic rings. The van der Waals surface area contributed by atoms with Crippen LogP contribution in [0.5, 0.6) is 5.75 Å². The predicted molar refractivity (Wildman–Crippen MR) is 89.9 cm³/mol. The van der Waals surface area contributed by atoms with Crippen LogP contribution in [0.1, 0.15) is 16.2 Å². The van der Waals surface area contributed by atoms with Crippen molar-refractivity contribution in [3.05, 3.63) is 65.1 Å². The lowest BCUT2D eigenvalue weighted by atomic mass is 10.3. The minimum atomic E-state index is -0.148. The fourth-order valence-electron chi connectivity index (χ4n) is 2.87. The molecule has 0 aromatic carbocycles. The third-order valence-electron chi connectivity index (χ3n) is 3.98. The van der Waals surface area contributed by atoms with E-state index in [2.05, 4.69) is 14.5 Å². The Labute approximate surface area is 143 Å². The van der Waals surface area contributed by atoms with Crippen molar-refractivity contribution in [2.75, 3.05) is 6.54 Å². The van der Waals surface area contributed by atoms with E-state index in [0.29, 0.717) is 31.1 Å². The van der Waals surface area contributed by atoms with Crippen LogP contribution in [0.15, 0.2) is 53.7 Å². The number of thiazole rings is 1. The Hall–Kier alpha value is -2.67. The van der Waals surface area contributed by atoms with Gasteiger partial charge in [-0.2, -0.15) is 0 Å². The largest absolute Gasteiger partial charge is 0.485 e. The third-order valence-corrected chi connectivity index (χ3v) is 4.56. The number of ether oxygens (including phenoxy) is 1. The molecule has 4 heterocycles. The average Bonchev–Trinajstić information content (AvgIpc) is 3.24. The summed E-state index contributed by atoms with van der Waals surface area (Å²) in [7, 11) is 0. The van der Waals surface area contributed by atoms with Gasteiger partial charge in [-0.05, 0) is 24.3 Å². The minimum absolute atomic E-state index is 0.0642. The Kier molecular flexibility index (Phi) is 4.00. The highest BCUT2D eigenvalue weighted by Gasteiger charge is 2.27. The highest BCUT2D eigenvalue weighted by molar-refractivity contribution is 7.07. The second-order valence-corrected chi connectivity index (χ2v) is 6.36. The van der Waals surface area contributed by atoms with Crippen LogP contribution in [-0.4, -0.2) is 38.0 Å². The van der Waals surface area contributed by atoms with Crippen molar-refractivity contribution in [1.29, 1.82) is 0 Å². The summed E-state index contributed by atoms with van der Waals surface area (Å²) in [6.07, 6.45) is 5.27. The van der Waals surface area contributed by atoms with Gasteiger partial charge in [0, 0.05) is 23.5 Å². The topological polar surface area (TPSA) is 60.2 Å². The molecular formula is C17H16N4O2S. The Morgan fingerprint density at radius 2 is 2.25 bits per heavy atom. The highest BCUT2D eigenvalue weighted by atomic mass is 32.1. The Bertz CT molecular complexity index is 816. The number of nitrogens with zero attached hydrogens (tertiary/aromatic N) is 4. The molecule has 1 amide bonds. The fourth-order valence-corrected chi connectivity index (χ4v) is 3.40. The molecule has 1 atom stereocenters. The SMILES string of the molecule is O=C(c1cscn1)N1Cc2cccn2CC(Oc2cccnc2)C1. The first-order valence-electron chi connectivity index (χ1n) is 7.68. The van der Waals surface area contributed by atoms with Gasteiger partial charge in [-0.3, -0.25) is 9.78 Å². The van der Waals surface area contributed by atoms with Gasteiger partial charge in [0.25, 0.3) is 5.91 Å². The van der Waals surface area contributed by atoms with Crippen LogP contribution in [0, 0.1) is 0 Å². The zero-order valence-corrected chi connectivity index (χ0v) is 13.7. The molecule has 1 aliphatic heterocycles. The Morgan fingerprint density at radius 3 is 3.04 bits per heavy atom. The molecule has 7 heteroatoms. The monoisotopic (exact) mass is 340 g/mol. The molecule has 0 spiro atoms. The molecule has 3 aromatic heterocycles. The maximum atomic E-state index is 12.7. The van der Waals surface area contributed by atoms with Gasteiger partial charge in [-0.25, -0.2) is 4.98 Å². The first kappa shape index (κ1) is 14.9. The molecule has 0 saturated carbocycles. The van der Waals surface area contributed by atoms with Crippen molar-refractivity contribution in [1.82, 2.24) is 19.4 Å². The number of amides is 1. The molecule has 122 valence electrons. The van der Waals surface area contributed by atoms with E-state index in [4.69, 9.17) is 4.74 Å². The summed E-state index contributed by atoms with van der Waals surface area (Å²) in [6.45, 7) is 1.75. The fraction of sp³-hybridized carbons (Fsp3) is 0.235. The minimum Gasteiger partial charge on any atom is -0.485 e. The first-order chi connectivity index (χ1) is 11.8. The molecule has 0 radical (unpaired) electrons. The maximum absolute atomic E-state index is 12.7. The molecule has 4 rings (SSSR count). The van der Waals surface area contributed by atoms with Gasteiger partial charge in [0.2, 0.25) is 0 Å². The lowest BCUT2D eigenvalue weighted by molar-refractivity contribution is 0.0647. The van der Waals surface area contributed by atoms with Gasteiger partial charge in [0.1, 0.15) is 17.5 Å². The number of fused-ring (bicyclic) bond motifs is 1. The van der Waals surface area contributed by atoms with Crippen LogP contribution in [0.25, 0.3) is 0 Å². The van der Waals surface area contributed by atoms with Crippen LogP contribution >= 0.6 is 11.3 Å². The summed E-state index contributed by atoms with van der Waals surface area (Å²) in [5.74, 6) is 0.643. The summed E-state index contributed by atoms with van der Waals surface area (Å²) in [5.41, 5.74) is 3.26. The molecule has 0 aliphatic carbocycles. The van der Waals surface area contributed by atoms with E-state index in [0.717, 1.165) is 5.69 Å². The highest BCUT2D eigenvalue weighted by Crippen LogP contribution is 2.19. The van der Waals surface area contributed by atoms with E-state index in [1.807, 2.05) is 30.5 Å². The average molecular weight is 340 g/mol. The molecule has 6 nitrogen and oxygen atoms in total. The van der Waals surface area contributed by atoms with Crippen molar-refractivity contribution in [3.63, 3.8) is 0 Å². The second kappa shape index (κ2) is 6.45. The third kappa shape index (κ3) is 3.03. The maximum Gasteiger partial charge on any atom is 0.273 e. The molecule has 0 fully saturated rings. The molecule has 0 saturated heterocycles. The number of aromatic nitrogens is 3. The predicted octanol–water partition coefficient (Wildman–Crippen LogP) is 2.44. The van der Waals surface area contributed by atoms with E-state index >= 15 is 0 Å². The van der Waals surface area contributed by atoms with Crippen LogP contribution < -0.4 is 4.74 Å². The zero-order valence-electron chi connectivity index (χ0n) is 12.9. The van der Waals surface area contributed by atoms with Gasteiger partial charge in [0.05, 0.1) is 31.3 Å². The van der Waals surface area contributed by atoms with Crippen molar-refractivity contribution in [2.24, 2.45) is 0 Å². The number of pyridine rings is 1. The van der Waals surface area contributed by atoms with Crippen LogP contribution in [0.3, 0.4) is 0 Å². The smallest absolute Gasteiger partial charge is 0.273 e. The van der Waals surface area contributed by atoms with Crippen LogP contribution in [0.2, 0.25) is 0 Å². The molecule has 0 N–H and O–H groups in total. The van der Waals surface area contributed by atoms with Crippen LogP contribution in [-0.2, 0) is 13.1 Å². The van der Waals surface area contributed by atoms with Gasteiger partial charge in [-0.1, -0.05) is 0 Å². The molecule has 24 heavy (non-hydrogen) atoms.